The van der Waals surface area contributed by atoms with Crippen LogP contribution < -0.4 is 0 Å². The fraction of sp³-hybridized carbons (Fsp3) is 0.467. The normalized spacial score (nSPS) is 15.6. The van der Waals surface area contributed by atoms with Crippen molar-refractivity contribution >= 4 is 17.7 Å². The first-order valence-corrected chi connectivity index (χ1v) is 7.46. The Kier molecular flexibility index (Phi) is 4.49. The molecule has 0 bridgehead atoms. The smallest absolute Gasteiger partial charge is 0.306 e. The lowest BCUT2D eigenvalue weighted by atomic mass is 10.1. The minimum atomic E-state index is -0.100. The van der Waals surface area contributed by atoms with Gasteiger partial charge in [-0.25, -0.2) is 0 Å². The molecule has 1 fully saturated rings. The summed E-state index contributed by atoms with van der Waals surface area (Å²) in [5, 5.41) is 8.73. The van der Waals surface area contributed by atoms with Gasteiger partial charge in [-0.2, -0.15) is 17.0 Å². The lowest BCUT2D eigenvalue weighted by Crippen LogP contribution is -2.13. The third-order valence-electron chi connectivity index (χ3n) is 3.46. The number of ether oxygens (including phenoxy) is 1. The number of hydrogen-bond donors (Lipinski definition) is 0. The zero-order chi connectivity index (χ0) is 13.7. The molecule has 1 aromatic carbocycles. The third kappa shape index (κ3) is 4.00. The van der Waals surface area contributed by atoms with E-state index in [0.29, 0.717) is 12.0 Å². The van der Waals surface area contributed by atoms with Crippen LogP contribution in [0.1, 0.15) is 30.4 Å². The quantitative estimate of drug-likeness (QED) is 0.748. The van der Waals surface area contributed by atoms with Crippen molar-refractivity contribution in [1.82, 2.24) is 0 Å². The second-order valence-corrected chi connectivity index (χ2v) is 6.04. The summed E-state index contributed by atoms with van der Waals surface area (Å²) in [4.78, 5) is 11.3. The molecule has 0 unspecified atom stereocenters. The monoisotopic (exact) mass is 275 g/mol. The van der Waals surface area contributed by atoms with Crippen molar-refractivity contribution in [2.24, 2.45) is 5.41 Å². The van der Waals surface area contributed by atoms with E-state index in [1.807, 2.05) is 36.0 Å². The predicted octanol–water partition coefficient (Wildman–Crippen LogP) is 3.13. The maximum Gasteiger partial charge on any atom is 0.306 e. The molecule has 19 heavy (non-hydrogen) atoms. The van der Waals surface area contributed by atoms with Gasteiger partial charge in [-0.15, -0.1) is 0 Å². The molecule has 1 aromatic rings. The minimum Gasteiger partial charge on any atom is -0.469 e. The van der Waals surface area contributed by atoms with E-state index in [1.165, 1.54) is 12.7 Å². The van der Waals surface area contributed by atoms with Gasteiger partial charge in [-0.1, -0.05) is 12.1 Å². The molecular weight excluding hydrogens is 258 g/mol. The maximum absolute atomic E-state index is 11.3. The van der Waals surface area contributed by atoms with Gasteiger partial charge in [0.1, 0.15) is 0 Å². The highest BCUT2D eigenvalue weighted by atomic mass is 32.2. The van der Waals surface area contributed by atoms with E-state index < -0.39 is 0 Å². The summed E-state index contributed by atoms with van der Waals surface area (Å²) >= 11 is 1.85. The molecular formula is C15H17NO2S. The van der Waals surface area contributed by atoms with Crippen LogP contribution in [0.3, 0.4) is 0 Å². The Labute approximate surface area is 118 Å². The topological polar surface area (TPSA) is 50.1 Å². The number of thioether (sulfide) groups is 1. The van der Waals surface area contributed by atoms with Gasteiger partial charge >= 0.3 is 5.97 Å². The Morgan fingerprint density at radius 2 is 2.11 bits per heavy atom. The third-order valence-corrected chi connectivity index (χ3v) is 4.82. The van der Waals surface area contributed by atoms with Gasteiger partial charge in [0, 0.05) is 5.75 Å². The number of hydrogen-bond acceptors (Lipinski definition) is 4. The number of carbonyl (C=O) groups excluding carboxylic acids is 1. The SMILES string of the molecule is COC(=O)CC1(CSCc2ccc(C#N)cc2)CC1. The van der Waals surface area contributed by atoms with E-state index in [9.17, 15) is 4.79 Å². The van der Waals surface area contributed by atoms with Gasteiger partial charge in [-0.05, 0) is 41.7 Å². The standard InChI is InChI=1S/C15H17NO2S/c1-18-14(17)8-15(6-7-15)11-19-10-13-4-2-12(9-16)3-5-13/h2-5H,6-8,10-11H2,1H3. The molecule has 0 heterocycles. The van der Waals surface area contributed by atoms with E-state index in [2.05, 4.69) is 6.07 Å². The van der Waals surface area contributed by atoms with Crippen molar-refractivity contribution < 1.29 is 9.53 Å². The van der Waals surface area contributed by atoms with Crippen LogP contribution in [-0.2, 0) is 15.3 Å². The van der Waals surface area contributed by atoms with Crippen molar-refractivity contribution in [1.29, 1.82) is 5.26 Å². The van der Waals surface area contributed by atoms with Gasteiger partial charge in [0.05, 0.1) is 25.2 Å². The lowest BCUT2D eigenvalue weighted by Gasteiger charge is -2.12. The highest BCUT2D eigenvalue weighted by molar-refractivity contribution is 7.98. The van der Waals surface area contributed by atoms with Crippen LogP contribution in [0, 0.1) is 16.7 Å². The number of nitriles is 1. The Morgan fingerprint density at radius 1 is 1.42 bits per heavy atom. The first-order chi connectivity index (χ1) is 9.17. The maximum atomic E-state index is 11.3. The van der Waals surface area contributed by atoms with Crippen LogP contribution in [0.2, 0.25) is 0 Å². The number of benzene rings is 1. The number of methoxy groups -OCH3 is 1. The fourth-order valence-corrected chi connectivity index (χ4v) is 3.34. The van der Waals surface area contributed by atoms with E-state index in [1.54, 1.807) is 0 Å². The van der Waals surface area contributed by atoms with E-state index in [-0.39, 0.29) is 11.4 Å². The van der Waals surface area contributed by atoms with Gasteiger partial charge in [0.15, 0.2) is 0 Å². The molecule has 1 saturated carbocycles. The average molecular weight is 275 g/mol. The fourth-order valence-electron chi connectivity index (χ4n) is 1.99. The second-order valence-electron chi connectivity index (χ2n) is 5.05. The molecule has 1 aliphatic carbocycles. The first kappa shape index (κ1) is 14.0. The molecule has 1 aliphatic rings. The van der Waals surface area contributed by atoms with E-state index in [0.717, 1.165) is 24.3 Å². The highest BCUT2D eigenvalue weighted by Gasteiger charge is 2.44. The van der Waals surface area contributed by atoms with Crippen molar-refractivity contribution in [2.45, 2.75) is 25.0 Å². The minimum absolute atomic E-state index is 0.100. The van der Waals surface area contributed by atoms with Crippen LogP contribution in [-0.4, -0.2) is 18.8 Å². The van der Waals surface area contributed by atoms with Crippen molar-refractivity contribution in [3.63, 3.8) is 0 Å². The molecule has 100 valence electrons. The molecule has 2 rings (SSSR count). The Balaban J connectivity index is 1.77. The highest BCUT2D eigenvalue weighted by Crippen LogP contribution is 2.51. The summed E-state index contributed by atoms with van der Waals surface area (Å²) in [5.41, 5.74) is 2.10. The molecule has 0 aliphatic heterocycles. The largest absolute Gasteiger partial charge is 0.469 e. The van der Waals surface area contributed by atoms with Crippen LogP contribution in [0.15, 0.2) is 24.3 Å². The van der Waals surface area contributed by atoms with Gasteiger partial charge < -0.3 is 4.74 Å². The van der Waals surface area contributed by atoms with Gasteiger partial charge in [0.2, 0.25) is 0 Å². The molecule has 0 atom stereocenters. The molecule has 0 N–H and O–H groups in total. The van der Waals surface area contributed by atoms with E-state index in [4.69, 9.17) is 10.00 Å². The number of carbonyl (C=O) groups is 1. The Bertz CT molecular complexity index is 486. The number of esters is 1. The Hall–Kier alpha value is -1.47. The molecule has 0 saturated heterocycles. The summed E-state index contributed by atoms with van der Waals surface area (Å²) in [6.07, 6.45) is 2.80. The van der Waals surface area contributed by atoms with Crippen molar-refractivity contribution in [3.8, 4) is 6.07 Å². The average Bonchev–Trinajstić information content (AvgIpc) is 3.19. The number of rotatable bonds is 6. The molecule has 4 heteroatoms. The second kappa shape index (κ2) is 6.12. The van der Waals surface area contributed by atoms with Crippen LogP contribution in [0.25, 0.3) is 0 Å². The summed E-state index contributed by atoms with van der Waals surface area (Å²) in [6, 6.07) is 9.79. The zero-order valence-electron chi connectivity index (χ0n) is 11.0. The molecule has 3 nitrogen and oxygen atoms in total. The Morgan fingerprint density at radius 3 is 2.63 bits per heavy atom. The number of nitrogens with zero attached hydrogens (tertiary/aromatic N) is 1. The van der Waals surface area contributed by atoms with E-state index >= 15 is 0 Å². The summed E-state index contributed by atoms with van der Waals surface area (Å²) < 4.78 is 4.74. The van der Waals surface area contributed by atoms with Crippen molar-refractivity contribution in [3.05, 3.63) is 35.4 Å². The van der Waals surface area contributed by atoms with Crippen LogP contribution >= 0.6 is 11.8 Å². The molecule has 0 amide bonds. The molecule has 0 aromatic heterocycles. The summed E-state index contributed by atoms with van der Waals surface area (Å²) in [6.45, 7) is 0. The van der Waals surface area contributed by atoms with Crippen LogP contribution in [0.5, 0.6) is 0 Å². The molecule has 0 radical (unpaired) electrons. The first-order valence-electron chi connectivity index (χ1n) is 6.31. The predicted molar refractivity (Wildman–Crippen MR) is 75.6 cm³/mol. The summed E-state index contributed by atoms with van der Waals surface area (Å²) in [7, 11) is 1.45. The zero-order valence-corrected chi connectivity index (χ0v) is 11.8. The molecule has 0 spiro atoms. The van der Waals surface area contributed by atoms with Gasteiger partial charge in [0.25, 0.3) is 0 Å². The lowest BCUT2D eigenvalue weighted by molar-refractivity contribution is -0.141. The summed E-state index contributed by atoms with van der Waals surface area (Å²) in [5.74, 6) is 1.83. The van der Waals surface area contributed by atoms with Gasteiger partial charge in [-0.3, -0.25) is 4.79 Å². The van der Waals surface area contributed by atoms with Crippen molar-refractivity contribution in [2.75, 3.05) is 12.9 Å². The van der Waals surface area contributed by atoms with Crippen LogP contribution in [0.4, 0.5) is 0 Å².